The van der Waals surface area contributed by atoms with Crippen molar-refractivity contribution in [1.29, 1.82) is 0 Å². The Hall–Kier alpha value is -1.51. The Balaban J connectivity index is 1.69. The van der Waals surface area contributed by atoms with E-state index in [0.717, 1.165) is 10.7 Å². The summed E-state index contributed by atoms with van der Waals surface area (Å²) < 4.78 is 7.70. The van der Waals surface area contributed by atoms with E-state index in [1.165, 1.54) is 0 Å². The number of ether oxygens (including phenoxy) is 1. The molecule has 0 atom stereocenters. The van der Waals surface area contributed by atoms with Crippen molar-refractivity contribution in [2.24, 2.45) is 0 Å². The lowest BCUT2D eigenvalue weighted by Crippen LogP contribution is -2.41. The Kier molecular flexibility index (Phi) is 4.47. The summed E-state index contributed by atoms with van der Waals surface area (Å²) in [7, 11) is 0. The van der Waals surface area contributed by atoms with Crippen LogP contribution < -0.4 is 0 Å². The van der Waals surface area contributed by atoms with E-state index in [2.05, 4.69) is 10.2 Å². The molecule has 3 rings (SSSR count). The van der Waals surface area contributed by atoms with Crippen LogP contribution in [-0.4, -0.2) is 51.9 Å². The molecule has 0 aliphatic carbocycles. The Morgan fingerprint density at radius 1 is 1.48 bits per heavy atom. The molecule has 2 aromatic rings. The molecule has 0 spiro atoms. The lowest BCUT2D eigenvalue weighted by Gasteiger charge is -2.26. The number of H-pyrrole nitrogens is 1. The number of thiophene rings is 1. The first-order valence-corrected chi connectivity index (χ1v) is 8.09. The smallest absolute Gasteiger partial charge is 0.224 e. The van der Waals surface area contributed by atoms with Crippen LogP contribution in [0.5, 0.6) is 0 Å². The second kappa shape index (κ2) is 6.50. The number of rotatable bonds is 4. The van der Waals surface area contributed by atoms with E-state index in [1.807, 2.05) is 27.0 Å². The van der Waals surface area contributed by atoms with Crippen molar-refractivity contribution in [2.45, 2.75) is 13.0 Å². The van der Waals surface area contributed by atoms with Crippen molar-refractivity contribution in [2.75, 3.05) is 26.3 Å². The van der Waals surface area contributed by atoms with Gasteiger partial charge in [-0.15, -0.1) is 11.3 Å². The fourth-order valence-corrected chi connectivity index (χ4v) is 3.24. The van der Waals surface area contributed by atoms with Crippen molar-refractivity contribution in [1.82, 2.24) is 19.7 Å². The molecule has 1 amide bonds. The van der Waals surface area contributed by atoms with Gasteiger partial charge in [0.25, 0.3) is 0 Å². The van der Waals surface area contributed by atoms with Crippen LogP contribution in [0.4, 0.5) is 0 Å². The number of carbonyl (C=O) groups is 1. The number of hydrogen-bond acceptors (Lipinski definition) is 5. The Morgan fingerprint density at radius 2 is 2.29 bits per heavy atom. The highest BCUT2D eigenvalue weighted by molar-refractivity contribution is 7.71. The molecular formula is C13H16N4O2S2. The highest BCUT2D eigenvalue weighted by Gasteiger charge is 2.18. The lowest BCUT2D eigenvalue weighted by atomic mass is 10.3. The SMILES string of the molecule is O=C(CCn1c(-c2cccs2)n[nH]c1=S)N1CCOCC1. The fraction of sp³-hybridized carbons (Fsp3) is 0.462. The van der Waals surface area contributed by atoms with E-state index in [-0.39, 0.29) is 5.91 Å². The maximum atomic E-state index is 12.2. The predicted molar refractivity (Wildman–Crippen MR) is 82.7 cm³/mol. The number of morpholine rings is 1. The molecule has 0 bridgehead atoms. The maximum absolute atomic E-state index is 12.2. The van der Waals surface area contributed by atoms with Gasteiger partial charge >= 0.3 is 0 Å². The molecule has 1 fully saturated rings. The Labute approximate surface area is 131 Å². The molecule has 21 heavy (non-hydrogen) atoms. The number of aromatic amines is 1. The summed E-state index contributed by atoms with van der Waals surface area (Å²) in [5.41, 5.74) is 0. The average Bonchev–Trinajstić information content (AvgIpc) is 3.15. The lowest BCUT2D eigenvalue weighted by molar-refractivity contribution is -0.135. The van der Waals surface area contributed by atoms with Crippen LogP contribution in [-0.2, 0) is 16.1 Å². The topological polar surface area (TPSA) is 63.2 Å². The molecule has 0 saturated carbocycles. The van der Waals surface area contributed by atoms with Gasteiger partial charge in [0.1, 0.15) is 0 Å². The molecule has 1 saturated heterocycles. The van der Waals surface area contributed by atoms with Crippen molar-refractivity contribution in [3.8, 4) is 10.7 Å². The number of nitrogens with zero attached hydrogens (tertiary/aromatic N) is 3. The van der Waals surface area contributed by atoms with E-state index in [1.54, 1.807) is 11.3 Å². The van der Waals surface area contributed by atoms with Gasteiger partial charge < -0.3 is 9.64 Å². The molecule has 2 aromatic heterocycles. The van der Waals surface area contributed by atoms with Crippen LogP contribution in [0, 0.1) is 4.77 Å². The molecule has 112 valence electrons. The molecule has 0 aromatic carbocycles. The molecule has 3 heterocycles. The van der Waals surface area contributed by atoms with Gasteiger partial charge in [0.2, 0.25) is 5.91 Å². The van der Waals surface area contributed by atoms with Crippen molar-refractivity contribution in [3.05, 3.63) is 22.3 Å². The number of carbonyl (C=O) groups excluding carboxylic acids is 1. The highest BCUT2D eigenvalue weighted by atomic mass is 32.1. The van der Waals surface area contributed by atoms with E-state index in [9.17, 15) is 4.79 Å². The summed E-state index contributed by atoms with van der Waals surface area (Å²) in [5.74, 6) is 0.934. The van der Waals surface area contributed by atoms with Crippen molar-refractivity contribution < 1.29 is 9.53 Å². The number of amides is 1. The summed E-state index contributed by atoms with van der Waals surface area (Å²) in [6, 6.07) is 3.97. The summed E-state index contributed by atoms with van der Waals surface area (Å²) in [6.45, 7) is 3.13. The third-order valence-corrected chi connectivity index (χ3v) is 4.59. The first kappa shape index (κ1) is 14.4. The van der Waals surface area contributed by atoms with Crippen molar-refractivity contribution in [3.63, 3.8) is 0 Å². The minimum absolute atomic E-state index is 0.138. The Morgan fingerprint density at radius 3 is 3.00 bits per heavy atom. The van der Waals surface area contributed by atoms with Crippen LogP contribution in [0.1, 0.15) is 6.42 Å². The molecular weight excluding hydrogens is 308 g/mol. The molecule has 1 aliphatic heterocycles. The molecule has 0 unspecified atom stereocenters. The zero-order valence-electron chi connectivity index (χ0n) is 11.4. The first-order valence-electron chi connectivity index (χ1n) is 6.80. The maximum Gasteiger partial charge on any atom is 0.224 e. The molecule has 1 N–H and O–H groups in total. The summed E-state index contributed by atoms with van der Waals surface area (Å²) in [4.78, 5) is 15.1. The first-order chi connectivity index (χ1) is 10.3. The van der Waals surface area contributed by atoms with Crippen LogP contribution in [0.3, 0.4) is 0 Å². The summed E-state index contributed by atoms with van der Waals surface area (Å²) in [5, 5.41) is 9.06. The third-order valence-electron chi connectivity index (χ3n) is 3.41. The minimum Gasteiger partial charge on any atom is -0.378 e. The zero-order valence-corrected chi connectivity index (χ0v) is 13.1. The van der Waals surface area contributed by atoms with E-state index in [4.69, 9.17) is 17.0 Å². The molecule has 6 nitrogen and oxygen atoms in total. The summed E-state index contributed by atoms with van der Waals surface area (Å²) >= 11 is 6.86. The monoisotopic (exact) mass is 324 g/mol. The van der Waals surface area contributed by atoms with Gasteiger partial charge in [-0.3, -0.25) is 14.5 Å². The molecule has 1 aliphatic rings. The second-order valence-corrected chi connectivity index (χ2v) is 6.06. The predicted octanol–water partition coefficient (Wildman–Crippen LogP) is 1.92. The summed E-state index contributed by atoms with van der Waals surface area (Å²) in [6.07, 6.45) is 0.423. The van der Waals surface area contributed by atoms with Gasteiger partial charge in [-0.2, -0.15) is 5.10 Å². The molecule has 8 heteroatoms. The number of hydrogen-bond donors (Lipinski definition) is 1. The van der Waals surface area contributed by atoms with Gasteiger partial charge in [-0.1, -0.05) is 6.07 Å². The van der Waals surface area contributed by atoms with Gasteiger partial charge in [-0.05, 0) is 23.7 Å². The Bertz CT molecular complexity index is 656. The van der Waals surface area contributed by atoms with Gasteiger partial charge in [0.15, 0.2) is 10.6 Å². The zero-order chi connectivity index (χ0) is 14.7. The van der Waals surface area contributed by atoms with Crippen LogP contribution >= 0.6 is 23.6 Å². The molecule has 0 radical (unpaired) electrons. The largest absolute Gasteiger partial charge is 0.378 e. The minimum atomic E-state index is 0.138. The number of aromatic nitrogens is 3. The number of nitrogens with one attached hydrogen (secondary N) is 1. The van der Waals surface area contributed by atoms with E-state index < -0.39 is 0 Å². The van der Waals surface area contributed by atoms with E-state index >= 15 is 0 Å². The van der Waals surface area contributed by atoms with Gasteiger partial charge in [0, 0.05) is 26.1 Å². The van der Waals surface area contributed by atoms with Crippen molar-refractivity contribution >= 4 is 29.5 Å². The highest BCUT2D eigenvalue weighted by Crippen LogP contribution is 2.23. The van der Waals surface area contributed by atoms with Gasteiger partial charge in [0.05, 0.1) is 18.1 Å². The fourth-order valence-electron chi connectivity index (χ4n) is 2.30. The normalized spacial score (nSPS) is 15.3. The quantitative estimate of drug-likeness (QED) is 0.873. The van der Waals surface area contributed by atoms with Crippen LogP contribution in [0.25, 0.3) is 10.7 Å². The third kappa shape index (κ3) is 3.22. The van der Waals surface area contributed by atoms with Gasteiger partial charge in [-0.25, -0.2) is 0 Å². The van der Waals surface area contributed by atoms with E-state index in [0.29, 0.717) is 44.0 Å². The van der Waals surface area contributed by atoms with Crippen LogP contribution in [0.15, 0.2) is 17.5 Å². The van der Waals surface area contributed by atoms with Crippen LogP contribution in [0.2, 0.25) is 0 Å². The standard InChI is InChI=1S/C13H16N4O2S2/c18-11(16-5-7-19-8-6-16)3-4-17-12(14-15-13(17)20)10-2-1-9-21-10/h1-2,9H,3-8H2,(H,15,20). The second-order valence-electron chi connectivity index (χ2n) is 4.72. The average molecular weight is 324 g/mol.